The first-order valence-corrected chi connectivity index (χ1v) is 9.48. The van der Waals surface area contributed by atoms with Gasteiger partial charge in [-0.2, -0.15) is 0 Å². The van der Waals surface area contributed by atoms with Gasteiger partial charge in [-0.1, -0.05) is 0 Å². The number of thiophene rings is 1. The van der Waals surface area contributed by atoms with Gasteiger partial charge in [0.05, 0.1) is 21.8 Å². The average Bonchev–Trinajstić information content (AvgIpc) is 3.28. The van der Waals surface area contributed by atoms with E-state index >= 15 is 0 Å². The Hall–Kier alpha value is -1.77. The molecule has 1 atom stereocenters. The van der Waals surface area contributed by atoms with Gasteiger partial charge >= 0.3 is 0 Å². The van der Waals surface area contributed by atoms with Crippen LogP contribution in [0.4, 0.5) is 0 Å². The van der Waals surface area contributed by atoms with Crippen molar-refractivity contribution in [2.45, 2.75) is 6.10 Å². The first-order chi connectivity index (χ1) is 12.2. The highest BCUT2D eigenvalue weighted by Crippen LogP contribution is 2.35. The number of fused-ring (bicyclic) bond motifs is 1. The van der Waals surface area contributed by atoms with Gasteiger partial charge in [0.25, 0.3) is 5.91 Å². The number of ether oxygens (including phenoxy) is 4. The van der Waals surface area contributed by atoms with Gasteiger partial charge in [0, 0.05) is 12.6 Å². The van der Waals surface area contributed by atoms with Crippen LogP contribution in [0.15, 0.2) is 34.1 Å². The second-order valence-corrected chi connectivity index (χ2v) is 8.14. The third-order valence-electron chi connectivity index (χ3n) is 3.99. The lowest BCUT2D eigenvalue weighted by molar-refractivity contribution is -0.0400. The summed E-state index contributed by atoms with van der Waals surface area (Å²) in [5.74, 6) is 2.13. The van der Waals surface area contributed by atoms with E-state index in [-0.39, 0.29) is 18.8 Å². The zero-order valence-corrected chi connectivity index (χ0v) is 15.7. The maximum absolute atomic E-state index is 12.5. The lowest BCUT2D eigenvalue weighted by atomic mass is 10.2. The molecule has 3 heterocycles. The van der Waals surface area contributed by atoms with Crippen molar-refractivity contribution in [1.82, 2.24) is 4.90 Å². The summed E-state index contributed by atoms with van der Waals surface area (Å²) in [6.07, 6.45) is -0.161. The third kappa shape index (κ3) is 3.75. The molecule has 2 aromatic rings. The summed E-state index contributed by atoms with van der Waals surface area (Å²) in [6, 6.07) is 9.19. The Bertz CT molecular complexity index is 780. The van der Waals surface area contributed by atoms with Gasteiger partial charge in [0.1, 0.15) is 18.5 Å². The molecule has 0 bridgehead atoms. The summed E-state index contributed by atoms with van der Waals surface area (Å²) >= 11 is 4.83. The number of hydrogen-bond donors (Lipinski definition) is 0. The molecule has 1 fully saturated rings. The minimum Gasteiger partial charge on any atom is -0.491 e. The summed E-state index contributed by atoms with van der Waals surface area (Å²) in [6.45, 7) is 2.22. The minimum atomic E-state index is -0.161. The number of halogens is 1. The van der Waals surface area contributed by atoms with Crippen LogP contribution in [0.3, 0.4) is 0 Å². The highest BCUT2D eigenvalue weighted by Gasteiger charge is 2.26. The number of carbonyl (C=O) groups is 1. The summed E-state index contributed by atoms with van der Waals surface area (Å²) in [5.41, 5.74) is 0. The van der Waals surface area contributed by atoms with E-state index in [1.807, 2.05) is 29.2 Å². The fraction of sp³-hybridized carbons (Fsp3) is 0.353. The molecule has 1 aromatic heterocycles. The fourth-order valence-corrected chi connectivity index (χ4v) is 4.10. The molecule has 2 aliphatic heterocycles. The Balaban J connectivity index is 1.34. The first-order valence-electron chi connectivity index (χ1n) is 7.88. The van der Waals surface area contributed by atoms with Gasteiger partial charge in [-0.3, -0.25) is 4.79 Å². The van der Waals surface area contributed by atoms with Crippen LogP contribution in [0.2, 0.25) is 0 Å². The number of carbonyl (C=O) groups excluding carboxylic acids is 1. The molecule has 4 rings (SSSR count). The molecule has 1 saturated heterocycles. The van der Waals surface area contributed by atoms with E-state index in [2.05, 4.69) is 15.9 Å². The van der Waals surface area contributed by atoms with E-state index in [0.29, 0.717) is 37.8 Å². The monoisotopic (exact) mass is 425 g/mol. The molecule has 0 N–H and O–H groups in total. The van der Waals surface area contributed by atoms with Crippen molar-refractivity contribution in [1.29, 1.82) is 0 Å². The molecule has 0 saturated carbocycles. The summed E-state index contributed by atoms with van der Waals surface area (Å²) in [4.78, 5) is 15.1. The maximum Gasteiger partial charge on any atom is 0.264 e. The molecule has 8 heteroatoms. The van der Waals surface area contributed by atoms with Crippen LogP contribution in [0.5, 0.6) is 17.2 Å². The normalized spacial score (nSPS) is 19.1. The van der Waals surface area contributed by atoms with Crippen molar-refractivity contribution in [3.8, 4) is 17.2 Å². The van der Waals surface area contributed by atoms with Crippen LogP contribution in [-0.4, -0.2) is 50.0 Å². The number of rotatable bonds is 4. The van der Waals surface area contributed by atoms with Crippen LogP contribution < -0.4 is 14.2 Å². The second kappa shape index (κ2) is 7.23. The Morgan fingerprint density at radius 3 is 3.00 bits per heavy atom. The van der Waals surface area contributed by atoms with Gasteiger partial charge in [-0.05, 0) is 40.2 Å². The molecular weight excluding hydrogens is 410 g/mol. The van der Waals surface area contributed by atoms with Crippen LogP contribution in [0, 0.1) is 0 Å². The molecule has 6 nitrogen and oxygen atoms in total. The predicted molar refractivity (Wildman–Crippen MR) is 95.7 cm³/mol. The summed E-state index contributed by atoms with van der Waals surface area (Å²) in [7, 11) is 0. The lowest BCUT2D eigenvalue weighted by Gasteiger charge is -2.32. The van der Waals surface area contributed by atoms with E-state index in [1.54, 1.807) is 6.07 Å². The predicted octanol–water partition coefficient (Wildman–Crippen LogP) is 3.16. The van der Waals surface area contributed by atoms with Crippen molar-refractivity contribution in [2.75, 3.05) is 33.1 Å². The summed E-state index contributed by atoms with van der Waals surface area (Å²) in [5, 5.41) is 0. The SMILES string of the molecule is O=C(c1ccc(Br)s1)N1CCOC(COc2ccc3c(c2)OCO3)C1. The lowest BCUT2D eigenvalue weighted by Crippen LogP contribution is -2.47. The van der Waals surface area contributed by atoms with Gasteiger partial charge < -0.3 is 23.8 Å². The van der Waals surface area contributed by atoms with E-state index in [4.69, 9.17) is 18.9 Å². The van der Waals surface area contributed by atoms with E-state index in [0.717, 1.165) is 14.4 Å². The van der Waals surface area contributed by atoms with Crippen LogP contribution in [-0.2, 0) is 4.74 Å². The molecule has 0 aliphatic carbocycles. The van der Waals surface area contributed by atoms with Crippen molar-refractivity contribution in [3.05, 3.63) is 39.0 Å². The van der Waals surface area contributed by atoms with Crippen LogP contribution in [0.25, 0.3) is 0 Å². The van der Waals surface area contributed by atoms with Gasteiger partial charge in [0.15, 0.2) is 11.5 Å². The molecule has 1 unspecified atom stereocenters. The first kappa shape index (κ1) is 16.7. The Labute approximate surface area is 157 Å². The van der Waals surface area contributed by atoms with E-state index in [1.165, 1.54) is 11.3 Å². The minimum absolute atomic E-state index is 0.0343. The van der Waals surface area contributed by atoms with E-state index < -0.39 is 0 Å². The Morgan fingerprint density at radius 1 is 1.28 bits per heavy atom. The third-order valence-corrected chi connectivity index (χ3v) is 5.60. The number of benzene rings is 1. The molecular formula is C17H16BrNO5S. The molecule has 1 aromatic carbocycles. The average molecular weight is 426 g/mol. The zero-order valence-electron chi connectivity index (χ0n) is 13.3. The molecule has 0 radical (unpaired) electrons. The highest BCUT2D eigenvalue weighted by molar-refractivity contribution is 9.11. The number of hydrogen-bond acceptors (Lipinski definition) is 6. The quantitative estimate of drug-likeness (QED) is 0.752. The molecule has 2 aliphatic rings. The van der Waals surface area contributed by atoms with Gasteiger partial charge in [-0.15, -0.1) is 11.3 Å². The smallest absolute Gasteiger partial charge is 0.264 e. The molecule has 0 spiro atoms. The number of amides is 1. The molecule has 132 valence electrons. The number of morpholine rings is 1. The molecule has 25 heavy (non-hydrogen) atoms. The standard InChI is InChI=1S/C17H16BrNO5S/c18-16-4-3-15(25-16)17(20)19-5-6-21-12(8-19)9-22-11-1-2-13-14(7-11)24-10-23-13/h1-4,7,12H,5-6,8-10H2. The van der Waals surface area contributed by atoms with E-state index in [9.17, 15) is 4.79 Å². The van der Waals surface area contributed by atoms with Gasteiger partial charge in [-0.25, -0.2) is 0 Å². The molecule has 1 amide bonds. The Morgan fingerprint density at radius 2 is 2.16 bits per heavy atom. The second-order valence-electron chi connectivity index (χ2n) is 5.67. The van der Waals surface area contributed by atoms with Crippen molar-refractivity contribution in [3.63, 3.8) is 0 Å². The van der Waals surface area contributed by atoms with Gasteiger partial charge in [0.2, 0.25) is 6.79 Å². The van der Waals surface area contributed by atoms with Crippen molar-refractivity contribution in [2.24, 2.45) is 0 Å². The topological polar surface area (TPSA) is 57.2 Å². The Kier molecular flexibility index (Phi) is 4.82. The largest absolute Gasteiger partial charge is 0.491 e. The van der Waals surface area contributed by atoms with Crippen molar-refractivity contribution < 1.29 is 23.7 Å². The maximum atomic E-state index is 12.5. The van der Waals surface area contributed by atoms with Crippen molar-refractivity contribution >= 4 is 33.2 Å². The van der Waals surface area contributed by atoms with Crippen LogP contribution >= 0.6 is 27.3 Å². The summed E-state index contributed by atoms with van der Waals surface area (Å²) < 4.78 is 23.1. The zero-order chi connectivity index (χ0) is 17.2. The number of nitrogens with zero attached hydrogens (tertiary/aromatic N) is 1. The van der Waals surface area contributed by atoms with Crippen LogP contribution in [0.1, 0.15) is 9.67 Å². The highest BCUT2D eigenvalue weighted by atomic mass is 79.9. The fourth-order valence-electron chi connectivity index (χ4n) is 2.75.